The van der Waals surface area contributed by atoms with Crippen molar-refractivity contribution in [1.29, 1.82) is 0 Å². The van der Waals surface area contributed by atoms with E-state index < -0.39 is 11.1 Å². The van der Waals surface area contributed by atoms with Gasteiger partial charge in [-0.2, -0.15) is 0 Å². The summed E-state index contributed by atoms with van der Waals surface area (Å²) in [6, 6.07) is 3.46. The lowest BCUT2D eigenvalue weighted by molar-refractivity contribution is -0.128. The van der Waals surface area contributed by atoms with Crippen molar-refractivity contribution in [3.8, 4) is 0 Å². The molecule has 0 aromatic carbocycles. The lowest BCUT2D eigenvalue weighted by Crippen LogP contribution is -2.35. The quantitative estimate of drug-likeness (QED) is 0.826. The smallest absolute Gasteiger partial charge is 0.225 e. The fourth-order valence-corrected chi connectivity index (χ4v) is 2.68. The first-order valence-corrected chi connectivity index (χ1v) is 7.21. The zero-order valence-corrected chi connectivity index (χ0v) is 11.8. The molecule has 0 saturated carbocycles. The lowest BCUT2D eigenvalue weighted by atomic mass is 9.96. The Morgan fingerprint density at radius 2 is 2.12 bits per heavy atom. The standard InChI is InChI=1S/C11H17NO3S2/c1-11(2,3)10(13)12-7-6-8-4-5-9(16-8)17(14)15/h4-5H,6-7H2,1-3H3,(H,12,13)(H,14,15). The number of hydrogen-bond acceptors (Lipinski definition) is 3. The third-order valence-corrected chi connectivity index (χ3v) is 4.24. The summed E-state index contributed by atoms with van der Waals surface area (Å²) in [6.07, 6.45) is 0.684. The number of nitrogens with one attached hydrogen (secondary N) is 1. The molecule has 0 fully saturated rings. The molecule has 2 N–H and O–H groups in total. The molecule has 0 radical (unpaired) electrons. The van der Waals surface area contributed by atoms with Gasteiger partial charge in [-0.05, 0) is 18.6 Å². The summed E-state index contributed by atoms with van der Waals surface area (Å²) >= 11 is -0.607. The Labute approximate surface area is 108 Å². The second-order valence-corrected chi connectivity index (χ2v) is 7.09. The van der Waals surface area contributed by atoms with Crippen molar-refractivity contribution in [1.82, 2.24) is 5.32 Å². The average Bonchev–Trinajstić information content (AvgIpc) is 2.64. The van der Waals surface area contributed by atoms with E-state index in [2.05, 4.69) is 5.32 Å². The minimum atomic E-state index is -1.91. The van der Waals surface area contributed by atoms with Gasteiger partial charge in [0.2, 0.25) is 5.91 Å². The van der Waals surface area contributed by atoms with Crippen LogP contribution in [0.4, 0.5) is 0 Å². The van der Waals surface area contributed by atoms with Gasteiger partial charge in [0.1, 0.15) is 4.21 Å². The SMILES string of the molecule is CC(C)(C)C(=O)NCCc1ccc(S(=O)O)s1. The molecule has 0 aliphatic heterocycles. The lowest BCUT2D eigenvalue weighted by Gasteiger charge is -2.17. The Morgan fingerprint density at radius 1 is 1.47 bits per heavy atom. The van der Waals surface area contributed by atoms with Crippen LogP contribution in [0.25, 0.3) is 0 Å². The molecule has 1 rings (SSSR count). The monoisotopic (exact) mass is 275 g/mol. The summed E-state index contributed by atoms with van der Waals surface area (Å²) in [5.74, 6) is 0.0139. The van der Waals surface area contributed by atoms with Gasteiger partial charge in [-0.1, -0.05) is 20.8 Å². The number of amides is 1. The number of thiophene rings is 1. The first-order chi connectivity index (χ1) is 7.80. The van der Waals surface area contributed by atoms with Gasteiger partial charge in [0.05, 0.1) is 0 Å². The molecule has 0 saturated heterocycles. The largest absolute Gasteiger partial charge is 0.355 e. The Morgan fingerprint density at radius 3 is 2.59 bits per heavy atom. The predicted molar refractivity (Wildman–Crippen MR) is 69.5 cm³/mol. The summed E-state index contributed by atoms with van der Waals surface area (Å²) in [6.45, 7) is 6.13. The van der Waals surface area contributed by atoms with Crippen LogP contribution in [0.2, 0.25) is 0 Å². The normalized spacial score (nSPS) is 13.4. The van der Waals surface area contributed by atoms with E-state index in [0.717, 1.165) is 4.88 Å². The molecule has 0 bridgehead atoms. The van der Waals surface area contributed by atoms with Crippen LogP contribution in [0.1, 0.15) is 25.6 Å². The summed E-state index contributed by atoms with van der Waals surface area (Å²) in [5, 5.41) is 2.84. The van der Waals surface area contributed by atoms with Gasteiger partial charge in [0.15, 0.2) is 11.1 Å². The van der Waals surface area contributed by atoms with Gasteiger partial charge in [-0.3, -0.25) is 4.79 Å². The van der Waals surface area contributed by atoms with Gasteiger partial charge < -0.3 is 9.87 Å². The highest BCUT2D eigenvalue weighted by Gasteiger charge is 2.20. The van der Waals surface area contributed by atoms with Crippen molar-refractivity contribution in [2.75, 3.05) is 6.54 Å². The first-order valence-electron chi connectivity index (χ1n) is 5.28. The molecule has 6 heteroatoms. The molecule has 17 heavy (non-hydrogen) atoms. The highest BCUT2D eigenvalue weighted by Crippen LogP contribution is 2.19. The summed E-state index contributed by atoms with van der Waals surface area (Å²) in [5.41, 5.74) is -0.382. The average molecular weight is 275 g/mol. The highest BCUT2D eigenvalue weighted by molar-refractivity contribution is 7.81. The Balaban J connectivity index is 2.41. The maximum absolute atomic E-state index is 11.6. The maximum Gasteiger partial charge on any atom is 0.225 e. The Kier molecular flexibility index (Phi) is 4.85. The molecule has 1 aromatic rings. The molecule has 1 heterocycles. The Hall–Kier alpha value is -0.720. The fourth-order valence-electron chi connectivity index (χ4n) is 1.15. The molecular formula is C11H17NO3S2. The predicted octanol–water partition coefficient (Wildman–Crippen LogP) is 2.03. The third-order valence-electron chi connectivity index (χ3n) is 2.15. The first kappa shape index (κ1) is 14.3. The fraction of sp³-hybridized carbons (Fsp3) is 0.545. The molecule has 1 aromatic heterocycles. The van der Waals surface area contributed by atoms with Crippen LogP contribution in [0.3, 0.4) is 0 Å². The topological polar surface area (TPSA) is 66.4 Å². The van der Waals surface area contributed by atoms with E-state index in [1.54, 1.807) is 6.07 Å². The molecule has 1 atom stereocenters. The van der Waals surface area contributed by atoms with Crippen molar-refractivity contribution in [3.63, 3.8) is 0 Å². The molecule has 96 valence electrons. The molecule has 0 aliphatic rings. The van der Waals surface area contributed by atoms with E-state index in [1.807, 2.05) is 26.8 Å². The van der Waals surface area contributed by atoms with Crippen LogP contribution in [0.15, 0.2) is 16.3 Å². The molecule has 0 aliphatic carbocycles. The minimum Gasteiger partial charge on any atom is -0.355 e. The van der Waals surface area contributed by atoms with E-state index >= 15 is 0 Å². The summed E-state index contributed by atoms with van der Waals surface area (Å²) in [7, 11) is 0. The van der Waals surface area contributed by atoms with E-state index in [4.69, 9.17) is 4.55 Å². The van der Waals surface area contributed by atoms with Gasteiger partial charge in [0, 0.05) is 16.8 Å². The zero-order valence-electron chi connectivity index (χ0n) is 10.1. The highest BCUT2D eigenvalue weighted by atomic mass is 32.2. The van der Waals surface area contributed by atoms with Crippen molar-refractivity contribution in [2.45, 2.75) is 31.4 Å². The molecule has 4 nitrogen and oxygen atoms in total. The summed E-state index contributed by atoms with van der Waals surface area (Å²) < 4.78 is 20.1. The molecular weight excluding hydrogens is 258 g/mol. The van der Waals surface area contributed by atoms with Crippen molar-refractivity contribution >= 4 is 28.3 Å². The van der Waals surface area contributed by atoms with Gasteiger partial charge in [-0.25, -0.2) is 4.21 Å². The van der Waals surface area contributed by atoms with Crippen molar-refractivity contribution < 1.29 is 13.6 Å². The van der Waals surface area contributed by atoms with Gasteiger partial charge in [0.25, 0.3) is 0 Å². The van der Waals surface area contributed by atoms with E-state index in [-0.39, 0.29) is 11.3 Å². The van der Waals surface area contributed by atoms with Crippen LogP contribution in [-0.4, -0.2) is 21.2 Å². The number of hydrogen-bond donors (Lipinski definition) is 2. The molecule has 1 amide bonds. The number of carbonyl (C=O) groups excluding carboxylic acids is 1. The summed E-state index contributed by atoms with van der Waals surface area (Å²) in [4.78, 5) is 12.6. The minimum absolute atomic E-state index is 0.0139. The molecule has 0 spiro atoms. The van der Waals surface area contributed by atoms with Gasteiger partial charge in [-0.15, -0.1) is 11.3 Å². The van der Waals surface area contributed by atoms with Crippen LogP contribution < -0.4 is 5.32 Å². The van der Waals surface area contributed by atoms with Gasteiger partial charge >= 0.3 is 0 Å². The second-order valence-electron chi connectivity index (χ2n) is 4.73. The van der Waals surface area contributed by atoms with Crippen LogP contribution in [0.5, 0.6) is 0 Å². The van der Waals surface area contributed by atoms with Crippen LogP contribution in [-0.2, 0) is 22.3 Å². The second kappa shape index (κ2) is 5.75. The van der Waals surface area contributed by atoms with E-state index in [1.165, 1.54) is 11.3 Å². The number of rotatable bonds is 4. The zero-order chi connectivity index (χ0) is 13.1. The number of carbonyl (C=O) groups is 1. The van der Waals surface area contributed by atoms with Crippen molar-refractivity contribution in [3.05, 3.63) is 17.0 Å². The van der Waals surface area contributed by atoms with Crippen LogP contribution in [0, 0.1) is 5.41 Å². The van der Waals surface area contributed by atoms with E-state index in [0.29, 0.717) is 17.2 Å². The van der Waals surface area contributed by atoms with E-state index in [9.17, 15) is 9.00 Å². The van der Waals surface area contributed by atoms with Crippen molar-refractivity contribution in [2.24, 2.45) is 5.41 Å². The molecule has 1 unspecified atom stereocenters. The van der Waals surface area contributed by atoms with Crippen LogP contribution >= 0.6 is 11.3 Å². The maximum atomic E-state index is 11.6. The Bertz CT molecular complexity index is 421. The third kappa shape index (κ3) is 4.57.